The lowest BCUT2D eigenvalue weighted by molar-refractivity contribution is -0.138. The summed E-state index contributed by atoms with van der Waals surface area (Å²) in [5.41, 5.74) is 0.643. The lowest BCUT2D eigenvalue weighted by atomic mass is 10.1. The van der Waals surface area contributed by atoms with Crippen molar-refractivity contribution in [3.8, 4) is 17.6 Å². The number of carbonyl (C=O) groups excluding carboxylic acids is 1. The third-order valence-corrected chi connectivity index (χ3v) is 3.79. The molecule has 0 saturated heterocycles. The third-order valence-electron chi connectivity index (χ3n) is 3.79. The molecule has 0 aromatic heterocycles. The SMILES string of the molecule is CCCCCCCCOC(=O)C(C#N)=Cc1ccc(OC)c(OC)c1. The smallest absolute Gasteiger partial charge is 0.348 e. The lowest BCUT2D eigenvalue weighted by Gasteiger charge is -2.08. The second-order valence-electron chi connectivity index (χ2n) is 5.69. The standard InChI is InChI=1S/C20H27NO4/c1-4-5-6-7-8-9-12-25-20(22)17(15-21)13-16-10-11-18(23-2)19(14-16)24-3/h10-11,13-14H,4-9,12H2,1-3H3. The van der Waals surface area contributed by atoms with Gasteiger partial charge in [0.15, 0.2) is 11.5 Å². The predicted molar refractivity (Wildman–Crippen MR) is 97.5 cm³/mol. The van der Waals surface area contributed by atoms with Crippen molar-refractivity contribution in [1.82, 2.24) is 0 Å². The number of unbranched alkanes of at least 4 members (excludes halogenated alkanes) is 5. The first-order chi connectivity index (χ1) is 12.2. The van der Waals surface area contributed by atoms with E-state index in [1.165, 1.54) is 32.4 Å². The summed E-state index contributed by atoms with van der Waals surface area (Å²) >= 11 is 0. The molecule has 0 aliphatic carbocycles. The zero-order valence-corrected chi connectivity index (χ0v) is 15.3. The van der Waals surface area contributed by atoms with Crippen LogP contribution in [0.25, 0.3) is 6.08 Å². The highest BCUT2D eigenvalue weighted by molar-refractivity contribution is 5.97. The first-order valence-electron chi connectivity index (χ1n) is 8.67. The molecule has 1 rings (SSSR count). The lowest BCUT2D eigenvalue weighted by Crippen LogP contribution is -2.08. The first kappa shape index (κ1) is 20.6. The maximum absolute atomic E-state index is 12.0. The van der Waals surface area contributed by atoms with E-state index in [1.807, 2.05) is 6.07 Å². The Labute approximate surface area is 150 Å². The molecule has 0 unspecified atom stereocenters. The Balaban J connectivity index is 2.58. The molecule has 5 heteroatoms. The van der Waals surface area contributed by atoms with Gasteiger partial charge < -0.3 is 14.2 Å². The number of hydrogen-bond acceptors (Lipinski definition) is 5. The van der Waals surface area contributed by atoms with Crippen molar-refractivity contribution in [2.75, 3.05) is 20.8 Å². The number of methoxy groups -OCH3 is 2. The van der Waals surface area contributed by atoms with E-state index in [4.69, 9.17) is 14.2 Å². The number of nitriles is 1. The molecule has 5 nitrogen and oxygen atoms in total. The molecule has 0 saturated carbocycles. The van der Waals surface area contributed by atoms with Crippen molar-refractivity contribution in [3.05, 3.63) is 29.3 Å². The molecule has 0 atom stereocenters. The highest BCUT2D eigenvalue weighted by Gasteiger charge is 2.11. The molecule has 0 spiro atoms. The van der Waals surface area contributed by atoms with Gasteiger partial charge >= 0.3 is 5.97 Å². The fourth-order valence-electron chi connectivity index (χ4n) is 2.37. The summed E-state index contributed by atoms with van der Waals surface area (Å²) in [5.74, 6) is 0.531. The first-order valence-corrected chi connectivity index (χ1v) is 8.67. The topological polar surface area (TPSA) is 68.6 Å². The van der Waals surface area contributed by atoms with Gasteiger partial charge in [0.2, 0.25) is 0 Å². The maximum atomic E-state index is 12.0. The molecule has 0 radical (unpaired) electrons. The molecule has 1 aromatic carbocycles. The van der Waals surface area contributed by atoms with Gasteiger partial charge in [0.05, 0.1) is 20.8 Å². The Morgan fingerprint density at radius 1 is 1.08 bits per heavy atom. The highest BCUT2D eigenvalue weighted by Crippen LogP contribution is 2.28. The molecule has 0 aliphatic heterocycles. The van der Waals surface area contributed by atoms with E-state index in [2.05, 4.69) is 6.92 Å². The number of ether oxygens (including phenoxy) is 3. The summed E-state index contributed by atoms with van der Waals surface area (Å²) in [7, 11) is 3.08. The van der Waals surface area contributed by atoms with Crippen LogP contribution < -0.4 is 9.47 Å². The fourth-order valence-corrected chi connectivity index (χ4v) is 2.37. The van der Waals surface area contributed by atoms with Crippen LogP contribution in [0.3, 0.4) is 0 Å². The van der Waals surface area contributed by atoms with E-state index in [9.17, 15) is 10.1 Å². The Kier molecular flexibility index (Phi) is 9.84. The molecule has 25 heavy (non-hydrogen) atoms. The van der Waals surface area contributed by atoms with E-state index in [1.54, 1.807) is 25.3 Å². The van der Waals surface area contributed by atoms with Crippen molar-refractivity contribution in [1.29, 1.82) is 5.26 Å². The van der Waals surface area contributed by atoms with Crippen molar-refractivity contribution >= 4 is 12.0 Å². The average Bonchev–Trinajstić information content (AvgIpc) is 2.64. The van der Waals surface area contributed by atoms with Gasteiger partial charge in [-0.05, 0) is 30.2 Å². The Morgan fingerprint density at radius 3 is 2.40 bits per heavy atom. The van der Waals surface area contributed by atoms with Gasteiger partial charge in [-0.3, -0.25) is 0 Å². The minimum Gasteiger partial charge on any atom is -0.493 e. The van der Waals surface area contributed by atoms with Gasteiger partial charge in [-0.25, -0.2) is 4.79 Å². The van der Waals surface area contributed by atoms with Crippen LogP contribution in [-0.2, 0) is 9.53 Å². The molecule has 0 aliphatic rings. The fraction of sp³-hybridized carbons (Fsp3) is 0.500. The monoisotopic (exact) mass is 345 g/mol. The highest BCUT2D eigenvalue weighted by atomic mass is 16.5. The molecule has 136 valence electrons. The van der Waals surface area contributed by atoms with Gasteiger partial charge in [0, 0.05) is 0 Å². The largest absolute Gasteiger partial charge is 0.493 e. The average molecular weight is 345 g/mol. The number of rotatable bonds is 11. The predicted octanol–water partition coefficient (Wildman–Crippen LogP) is 4.51. The number of hydrogen-bond donors (Lipinski definition) is 0. The Bertz CT molecular complexity index is 617. The van der Waals surface area contributed by atoms with Gasteiger partial charge in [-0.2, -0.15) is 5.26 Å². The van der Waals surface area contributed by atoms with Gasteiger partial charge in [-0.15, -0.1) is 0 Å². The second-order valence-corrected chi connectivity index (χ2v) is 5.69. The van der Waals surface area contributed by atoms with Crippen LogP contribution in [0.2, 0.25) is 0 Å². The summed E-state index contributed by atoms with van der Waals surface area (Å²) in [5, 5.41) is 9.21. The van der Waals surface area contributed by atoms with E-state index >= 15 is 0 Å². The molecule has 0 bridgehead atoms. The number of esters is 1. The maximum Gasteiger partial charge on any atom is 0.348 e. The van der Waals surface area contributed by atoms with Crippen LogP contribution in [0.1, 0.15) is 51.0 Å². The van der Waals surface area contributed by atoms with E-state index in [0.717, 1.165) is 19.3 Å². The van der Waals surface area contributed by atoms with Gasteiger partial charge in [-0.1, -0.05) is 45.1 Å². The Hall–Kier alpha value is -2.48. The quantitative estimate of drug-likeness (QED) is 0.255. The third kappa shape index (κ3) is 7.30. The molecule has 0 amide bonds. The molecule has 0 fully saturated rings. The summed E-state index contributed by atoms with van der Waals surface area (Å²) in [6.07, 6.45) is 8.17. The number of carbonyl (C=O) groups is 1. The number of nitrogens with zero attached hydrogens (tertiary/aromatic N) is 1. The molecule has 1 aromatic rings. The zero-order valence-electron chi connectivity index (χ0n) is 15.3. The van der Waals surface area contributed by atoms with Crippen LogP contribution in [-0.4, -0.2) is 26.8 Å². The molecule has 0 heterocycles. The van der Waals surface area contributed by atoms with E-state index in [0.29, 0.717) is 23.7 Å². The minimum absolute atomic E-state index is 0.0294. The Morgan fingerprint density at radius 2 is 1.76 bits per heavy atom. The normalized spacial score (nSPS) is 10.9. The van der Waals surface area contributed by atoms with Crippen molar-refractivity contribution in [2.45, 2.75) is 45.4 Å². The van der Waals surface area contributed by atoms with E-state index in [-0.39, 0.29) is 5.57 Å². The molecular weight excluding hydrogens is 318 g/mol. The van der Waals surface area contributed by atoms with Crippen LogP contribution in [0.15, 0.2) is 23.8 Å². The van der Waals surface area contributed by atoms with E-state index < -0.39 is 5.97 Å². The summed E-state index contributed by atoms with van der Waals surface area (Å²) < 4.78 is 15.6. The molecule has 0 N–H and O–H groups in total. The summed E-state index contributed by atoms with van der Waals surface area (Å²) in [4.78, 5) is 12.0. The zero-order chi connectivity index (χ0) is 18.5. The van der Waals surface area contributed by atoms with Crippen LogP contribution in [0, 0.1) is 11.3 Å². The van der Waals surface area contributed by atoms with Crippen LogP contribution >= 0.6 is 0 Å². The van der Waals surface area contributed by atoms with Crippen molar-refractivity contribution in [2.24, 2.45) is 0 Å². The van der Waals surface area contributed by atoms with Crippen LogP contribution in [0.4, 0.5) is 0 Å². The van der Waals surface area contributed by atoms with Crippen LogP contribution in [0.5, 0.6) is 11.5 Å². The summed E-state index contributed by atoms with van der Waals surface area (Å²) in [6.45, 7) is 2.52. The summed E-state index contributed by atoms with van der Waals surface area (Å²) in [6, 6.07) is 7.08. The van der Waals surface area contributed by atoms with Gasteiger partial charge in [0.1, 0.15) is 11.6 Å². The molecular formula is C20H27NO4. The van der Waals surface area contributed by atoms with Gasteiger partial charge in [0.25, 0.3) is 0 Å². The second kappa shape index (κ2) is 12.0. The van der Waals surface area contributed by atoms with Crippen molar-refractivity contribution in [3.63, 3.8) is 0 Å². The minimum atomic E-state index is -0.592. The van der Waals surface area contributed by atoms with Crippen molar-refractivity contribution < 1.29 is 19.0 Å². The number of benzene rings is 1.